The van der Waals surface area contributed by atoms with E-state index in [0.29, 0.717) is 21.4 Å². The van der Waals surface area contributed by atoms with E-state index in [1.54, 1.807) is 43.0 Å². The number of amides is 1. The van der Waals surface area contributed by atoms with Gasteiger partial charge in [0.25, 0.3) is 15.9 Å². The topological polar surface area (TPSA) is 88.6 Å². The van der Waals surface area contributed by atoms with E-state index in [-0.39, 0.29) is 4.90 Å². The molecule has 0 fully saturated rings. The lowest BCUT2D eigenvalue weighted by Crippen LogP contribution is -2.26. The summed E-state index contributed by atoms with van der Waals surface area (Å²) in [5.41, 5.74) is 0.491. The molecular formula is C16H15N3O4S3. The van der Waals surface area contributed by atoms with E-state index in [1.807, 2.05) is 0 Å². The number of thiazole rings is 1. The average Bonchev–Trinajstić information content (AvgIpc) is 3.33. The smallest absolute Gasteiger partial charge is 0.267 e. The highest BCUT2D eigenvalue weighted by atomic mass is 32.2. The second-order valence-corrected chi connectivity index (χ2v) is 8.88. The monoisotopic (exact) mass is 409 g/mol. The fourth-order valence-electron chi connectivity index (χ4n) is 2.11. The molecule has 2 aromatic heterocycles. The lowest BCUT2D eigenvalue weighted by atomic mass is 10.3. The van der Waals surface area contributed by atoms with Gasteiger partial charge < -0.3 is 4.74 Å². The Labute approximate surface area is 158 Å². The largest absolute Gasteiger partial charge is 0.497 e. The van der Waals surface area contributed by atoms with Gasteiger partial charge in [-0.2, -0.15) is 0 Å². The predicted octanol–water partition coefficient (Wildman–Crippen LogP) is 3.29. The molecule has 0 aliphatic rings. The molecule has 0 spiro atoms. The summed E-state index contributed by atoms with van der Waals surface area (Å²) in [6, 6.07) is 8.03. The lowest BCUT2D eigenvalue weighted by Gasteiger charge is -2.18. The summed E-state index contributed by atoms with van der Waals surface area (Å²) < 4.78 is 31.8. The highest BCUT2D eigenvalue weighted by molar-refractivity contribution is 7.93. The number of aromatic nitrogens is 1. The van der Waals surface area contributed by atoms with Crippen LogP contribution < -0.4 is 14.4 Å². The maximum absolute atomic E-state index is 12.8. The van der Waals surface area contributed by atoms with Crippen LogP contribution in [0.4, 0.5) is 10.8 Å². The highest BCUT2D eigenvalue weighted by Crippen LogP contribution is 2.27. The average molecular weight is 410 g/mol. The number of carbonyl (C=O) groups excluding carboxylic acids is 1. The normalized spacial score (nSPS) is 11.2. The molecule has 1 aromatic carbocycles. The number of hydrogen-bond donors (Lipinski definition) is 1. The van der Waals surface area contributed by atoms with Gasteiger partial charge in [-0.25, -0.2) is 13.4 Å². The Morgan fingerprint density at radius 2 is 1.96 bits per heavy atom. The van der Waals surface area contributed by atoms with Gasteiger partial charge >= 0.3 is 0 Å². The van der Waals surface area contributed by atoms with Crippen LogP contribution in [0.1, 0.15) is 9.67 Å². The highest BCUT2D eigenvalue weighted by Gasteiger charge is 2.24. The van der Waals surface area contributed by atoms with E-state index in [9.17, 15) is 13.2 Å². The Kier molecular flexibility index (Phi) is 5.25. The molecule has 2 heterocycles. The van der Waals surface area contributed by atoms with Gasteiger partial charge in [0.1, 0.15) is 5.75 Å². The summed E-state index contributed by atoms with van der Waals surface area (Å²) in [4.78, 5) is 16.5. The van der Waals surface area contributed by atoms with Crippen molar-refractivity contribution in [2.24, 2.45) is 0 Å². The van der Waals surface area contributed by atoms with E-state index in [1.165, 1.54) is 29.8 Å². The van der Waals surface area contributed by atoms with Crippen molar-refractivity contribution in [3.05, 3.63) is 52.2 Å². The van der Waals surface area contributed by atoms with Gasteiger partial charge in [-0.3, -0.25) is 14.4 Å². The number of nitrogens with zero attached hydrogens (tertiary/aromatic N) is 2. The molecule has 1 amide bonds. The second kappa shape index (κ2) is 7.44. The van der Waals surface area contributed by atoms with Crippen molar-refractivity contribution in [1.82, 2.24) is 4.98 Å². The Morgan fingerprint density at radius 1 is 1.23 bits per heavy atom. The molecule has 0 saturated carbocycles. The van der Waals surface area contributed by atoms with Crippen LogP contribution in [0.15, 0.2) is 52.2 Å². The van der Waals surface area contributed by atoms with Gasteiger partial charge in [0.05, 0.1) is 22.6 Å². The zero-order valence-electron chi connectivity index (χ0n) is 13.9. The third-order valence-electron chi connectivity index (χ3n) is 3.55. The molecule has 136 valence electrons. The fraction of sp³-hybridized carbons (Fsp3) is 0.125. The molecular weight excluding hydrogens is 394 g/mol. The molecule has 26 heavy (non-hydrogen) atoms. The molecule has 7 nitrogen and oxygen atoms in total. The fourth-order valence-corrected chi connectivity index (χ4v) is 4.98. The Bertz CT molecular complexity index is 996. The van der Waals surface area contributed by atoms with E-state index < -0.39 is 15.9 Å². The number of benzene rings is 1. The first-order valence-electron chi connectivity index (χ1n) is 7.34. The first-order chi connectivity index (χ1) is 12.4. The summed E-state index contributed by atoms with van der Waals surface area (Å²) >= 11 is 2.35. The van der Waals surface area contributed by atoms with Crippen LogP contribution >= 0.6 is 22.7 Å². The quantitative estimate of drug-likeness (QED) is 0.675. The van der Waals surface area contributed by atoms with Gasteiger partial charge in [0.2, 0.25) is 0 Å². The third-order valence-corrected chi connectivity index (χ3v) is 7.08. The molecule has 0 aliphatic heterocycles. The van der Waals surface area contributed by atoms with Crippen molar-refractivity contribution >= 4 is 49.4 Å². The zero-order valence-corrected chi connectivity index (χ0v) is 16.3. The number of ether oxygens (including phenoxy) is 1. The van der Waals surface area contributed by atoms with Crippen LogP contribution in [-0.2, 0) is 10.0 Å². The summed E-state index contributed by atoms with van der Waals surface area (Å²) in [6.45, 7) is 0. The summed E-state index contributed by atoms with van der Waals surface area (Å²) in [5, 5.41) is 6.28. The first kappa shape index (κ1) is 18.4. The van der Waals surface area contributed by atoms with Crippen molar-refractivity contribution < 1.29 is 17.9 Å². The van der Waals surface area contributed by atoms with Gasteiger partial charge in [0, 0.05) is 24.0 Å². The zero-order chi connectivity index (χ0) is 18.7. The SMILES string of the molecule is COc1ccc(N(C)S(=O)(=O)c2csc(C(=O)Nc3nccs3)c2)cc1. The van der Waals surface area contributed by atoms with Crippen molar-refractivity contribution in [2.45, 2.75) is 4.90 Å². The number of rotatable bonds is 6. The molecule has 10 heteroatoms. The number of anilines is 2. The molecule has 1 N–H and O–H groups in total. The van der Waals surface area contributed by atoms with Crippen molar-refractivity contribution in [3.63, 3.8) is 0 Å². The van der Waals surface area contributed by atoms with Gasteiger partial charge in [-0.05, 0) is 30.3 Å². The molecule has 3 rings (SSSR count). The maximum atomic E-state index is 12.8. The van der Waals surface area contributed by atoms with Crippen LogP contribution in [0.5, 0.6) is 5.75 Å². The van der Waals surface area contributed by atoms with E-state index in [4.69, 9.17) is 4.74 Å². The van der Waals surface area contributed by atoms with E-state index in [2.05, 4.69) is 10.3 Å². The summed E-state index contributed by atoms with van der Waals surface area (Å²) in [6.07, 6.45) is 1.58. The van der Waals surface area contributed by atoms with Gasteiger partial charge in [0.15, 0.2) is 5.13 Å². The van der Waals surface area contributed by atoms with Gasteiger partial charge in [-0.1, -0.05) is 0 Å². The molecule has 0 saturated heterocycles. The van der Waals surface area contributed by atoms with Crippen molar-refractivity contribution in [3.8, 4) is 5.75 Å². The standard InChI is InChI=1S/C16H15N3O4S3/c1-19(11-3-5-12(23-2)6-4-11)26(21,22)13-9-14(25-10-13)15(20)18-16-17-7-8-24-16/h3-10H,1-2H3,(H,17,18,20). The minimum Gasteiger partial charge on any atom is -0.497 e. The number of carbonyl (C=O) groups is 1. The molecule has 0 radical (unpaired) electrons. The van der Waals surface area contributed by atoms with Crippen LogP contribution in [-0.4, -0.2) is 33.5 Å². The summed E-state index contributed by atoms with van der Waals surface area (Å²) in [7, 11) is -0.773. The van der Waals surface area contributed by atoms with E-state index >= 15 is 0 Å². The van der Waals surface area contributed by atoms with Crippen molar-refractivity contribution in [2.75, 3.05) is 23.8 Å². The number of sulfonamides is 1. The molecule has 3 aromatic rings. The minimum atomic E-state index is -3.78. The maximum Gasteiger partial charge on any atom is 0.267 e. The second-order valence-electron chi connectivity index (χ2n) is 5.11. The molecule has 0 unspecified atom stereocenters. The Hall–Kier alpha value is -2.43. The van der Waals surface area contributed by atoms with Crippen LogP contribution in [0.2, 0.25) is 0 Å². The number of methoxy groups -OCH3 is 1. The third kappa shape index (κ3) is 3.71. The van der Waals surface area contributed by atoms with Crippen LogP contribution in [0.3, 0.4) is 0 Å². The van der Waals surface area contributed by atoms with E-state index in [0.717, 1.165) is 15.6 Å². The Balaban J connectivity index is 1.80. The molecule has 0 aliphatic carbocycles. The van der Waals surface area contributed by atoms with Crippen LogP contribution in [0.25, 0.3) is 0 Å². The predicted molar refractivity (Wildman–Crippen MR) is 103 cm³/mol. The van der Waals surface area contributed by atoms with Crippen molar-refractivity contribution in [1.29, 1.82) is 0 Å². The number of hydrogen-bond acceptors (Lipinski definition) is 7. The Morgan fingerprint density at radius 3 is 2.58 bits per heavy atom. The number of thiophene rings is 1. The molecule has 0 atom stereocenters. The van der Waals surface area contributed by atoms with Gasteiger partial charge in [-0.15, -0.1) is 22.7 Å². The van der Waals surface area contributed by atoms with Crippen LogP contribution in [0, 0.1) is 0 Å². The number of nitrogens with one attached hydrogen (secondary N) is 1. The lowest BCUT2D eigenvalue weighted by molar-refractivity contribution is 0.103. The molecule has 0 bridgehead atoms. The summed E-state index contributed by atoms with van der Waals surface area (Å²) in [5.74, 6) is 0.245. The minimum absolute atomic E-state index is 0.0603. The first-order valence-corrected chi connectivity index (χ1v) is 10.5.